The standard InChI is InChI=1S/C23H32N6O/c1-28(2)20-9-6-10-21(30-3)17(20)15-29-13-11-16(12-14-29)23(25)18-7-4-5-8-19(18)26-22(24)27-23/h4-10,16H,11-15,25H2,1-3H3,(H3,24,26,27). The molecule has 0 saturated carbocycles. The van der Waals surface area contributed by atoms with E-state index in [1.54, 1.807) is 7.11 Å². The summed E-state index contributed by atoms with van der Waals surface area (Å²) in [5, 5.41) is 3.14. The molecule has 2 aromatic carbocycles. The first-order chi connectivity index (χ1) is 14.4. The zero-order valence-corrected chi connectivity index (χ0v) is 18.1. The summed E-state index contributed by atoms with van der Waals surface area (Å²) in [5.41, 5.74) is 16.6. The van der Waals surface area contributed by atoms with Gasteiger partial charge in [-0.2, -0.15) is 0 Å². The van der Waals surface area contributed by atoms with Gasteiger partial charge in [-0.25, -0.2) is 4.99 Å². The molecule has 1 unspecified atom stereocenters. The Hall–Kier alpha value is -2.77. The van der Waals surface area contributed by atoms with Gasteiger partial charge < -0.3 is 26.4 Å². The predicted octanol–water partition coefficient (Wildman–Crippen LogP) is 2.53. The number of nitrogens with two attached hydrogens (primary N) is 2. The van der Waals surface area contributed by atoms with Gasteiger partial charge in [-0.05, 0) is 44.1 Å². The van der Waals surface area contributed by atoms with Crippen LogP contribution >= 0.6 is 0 Å². The molecule has 0 bridgehead atoms. The number of guanidine groups is 1. The molecule has 2 aliphatic rings. The highest BCUT2D eigenvalue weighted by molar-refractivity contribution is 5.95. The zero-order valence-electron chi connectivity index (χ0n) is 18.1. The van der Waals surface area contributed by atoms with E-state index in [0.29, 0.717) is 5.96 Å². The third-order valence-corrected chi connectivity index (χ3v) is 6.33. The number of ether oxygens (including phenoxy) is 1. The fraction of sp³-hybridized carbons (Fsp3) is 0.435. The quantitative estimate of drug-likeness (QED) is 0.704. The second-order valence-corrected chi connectivity index (χ2v) is 8.40. The van der Waals surface area contributed by atoms with Crippen molar-refractivity contribution in [3.05, 3.63) is 53.6 Å². The lowest BCUT2D eigenvalue weighted by Gasteiger charge is -2.43. The molecule has 0 radical (unpaired) electrons. The normalized spacial score (nSPS) is 22.1. The van der Waals surface area contributed by atoms with Gasteiger partial charge in [0.25, 0.3) is 0 Å². The maximum absolute atomic E-state index is 6.89. The van der Waals surface area contributed by atoms with E-state index in [1.807, 2.05) is 30.3 Å². The number of methoxy groups -OCH3 is 1. The van der Waals surface area contributed by atoms with Crippen LogP contribution in [-0.4, -0.2) is 45.2 Å². The van der Waals surface area contributed by atoms with Crippen molar-refractivity contribution in [2.45, 2.75) is 25.0 Å². The van der Waals surface area contributed by atoms with E-state index in [0.717, 1.165) is 49.5 Å². The molecular weight excluding hydrogens is 376 g/mol. The Labute approximate surface area is 178 Å². The number of hydrogen-bond donors (Lipinski definition) is 3. The maximum Gasteiger partial charge on any atom is 0.195 e. The number of nitrogens with zero attached hydrogens (tertiary/aromatic N) is 3. The Morgan fingerprint density at radius 3 is 2.60 bits per heavy atom. The number of aliphatic imine (C=N–C) groups is 1. The molecule has 30 heavy (non-hydrogen) atoms. The molecule has 0 spiro atoms. The highest BCUT2D eigenvalue weighted by Crippen LogP contribution is 2.41. The minimum absolute atomic E-state index is 0.238. The first-order valence-electron chi connectivity index (χ1n) is 10.5. The average molecular weight is 409 g/mol. The largest absolute Gasteiger partial charge is 0.496 e. The first-order valence-corrected chi connectivity index (χ1v) is 10.5. The SMILES string of the molecule is COc1cccc(N(C)C)c1CN1CCC(C2(N)N=C(N)Nc3ccccc32)CC1. The van der Waals surface area contributed by atoms with Crippen LogP contribution in [0.1, 0.15) is 24.0 Å². The number of benzene rings is 2. The predicted molar refractivity (Wildman–Crippen MR) is 123 cm³/mol. The molecule has 160 valence electrons. The number of likely N-dealkylation sites (tertiary alicyclic amines) is 1. The van der Waals surface area contributed by atoms with Crippen LogP contribution < -0.4 is 26.4 Å². The van der Waals surface area contributed by atoms with Crippen LogP contribution in [-0.2, 0) is 12.2 Å². The third-order valence-electron chi connectivity index (χ3n) is 6.33. The second kappa shape index (κ2) is 8.16. The Balaban J connectivity index is 1.51. The topological polar surface area (TPSA) is 92.1 Å². The molecule has 2 aliphatic heterocycles. The lowest BCUT2D eigenvalue weighted by molar-refractivity contribution is 0.125. The van der Waals surface area contributed by atoms with Crippen LogP contribution in [0.3, 0.4) is 0 Å². The van der Waals surface area contributed by atoms with Gasteiger partial charge in [0.15, 0.2) is 5.96 Å². The molecule has 0 aliphatic carbocycles. The van der Waals surface area contributed by atoms with E-state index in [4.69, 9.17) is 16.2 Å². The summed E-state index contributed by atoms with van der Waals surface area (Å²) in [6.07, 6.45) is 1.93. The van der Waals surface area contributed by atoms with Gasteiger partial charge in [0.05, 0.1) is 7.11 Å². The first kappa shape index (κ1) is 20.5. The Kier molecular flexibility index (Phi) is 5.58. The van der Waals surface area contributed by atoms with E-state index in [-0.39, 0.29) is 5.92 Å². The summed E-state index contributed by atoms with van der Waals surface area (Å²) >= 11 is 0. The van der Waals surface area contributed by atoms with Crippen LogP contribution in [0.2, 0.25) is 0 Å². The molecule has 2 aromatic rings. The lowest BCUT2D eigenvalue weighted by atomic mass is 9.79. The summed E-state index contributed by atoms with van der Waals surface area (Å²) in [6.45, 7) is 2.77. The summed E-state index contributed by atoms with van der Waals surface area (Å²) in [5.74, 6) is 1.56. The highest BCUT2D eigenvalue weighted by Gasteiger charge is 2.42. The van der Waals surface area contributed by atoms with E-state index < -0.39 is 5.66 Å². The second-order valence-electron chi connectivity index (χ2n) is 8.40. The number of piperidine rings is 1. The van der Waals surface area contributed by atoms with Crippen LogP contribution in [0.15, 0.2) is 47.5 Å². The maximum atomic E-state index is 6.89. The molecule has 1 saturated heterocycles. The van der Waals surface area contributed by atoms with Gasteiger partial charge >= 0.3 is 0 Å². The van der Waals surface area contributed by atoms with Gasteiger partial charge in [-0.3, -0.25) is 4.90 Å². The van der Waals surface area contributed by atoms with Crippen molar-refractivity contribution in [3.8, 4) is 5.75 Å². The molecular formula is C23H32N6O. The van der Waals surface area contributed by atoms with Crippen molar-refractivity contribution in [1.82, 2.24) is 4.90 Å². The van der Waals surface area contributed by atoms with E-state index in [2.05, 4.69) is 46.3 Å². The molecule has 0 amide bonds. The molecule has 0 aromatic heterocycles. The lowest BCUT2D eigenvalue weighted by Crippen LogP contribution is -2.51. The molecule has 1 fully saturated rings. The van der Waals surface area contributed by atoms with Gasteiger partial charge in [0.2, 0.25) is 0 Å². The van der Waals surface area contributed by atoms with Crippen molar-refractivity contribution in [2.24, 2.45) is 22.4 Å². The summed E-state index contributed by atoms with van der Waals surface area (Å²) in [6, 6.07) is 14.3. The number of nitrogens with one attached hydrogen (secondary N) is 1. The van der Waals surface area contributed by atoms with Crippen LogP contribution in [0.5, 0.6) is 5.75 Å². The number of rotatable bonds is 5. The third kappa shape index (κ3) is 3.70. The number of fused-ring (bicyclic) bond motifs is 1. The molecule has 5 N–H and O–H groups in total. The fourth-order valence-electron chi connectivity index (χ4n) is 4.76. The van der Waals surface area contributed by atoms with E-state index in [1.165, 1.54) is 11.3 Å². The van der Waals surface area contributed by atoms with Gasteiger partial charge in [0.1, 0.15) is 11.4 Å². The van der Waals surface area contributed by atoms with Crippen LogP contribution in [0.25, 0.3) is 0 Å². The van der Waals surface area contributed by atoms with Gasteiger partial charge in [-0.15, -0.1) is 0 Å². The molecule has 2 heterocycles. The highest BCUT2D eigenvalue weighted by atomic mass is 16.5. The molecule has 7 heteroatoms. The average Bonchev–Trinajstić information content (AvgIpc) is 2.74. The number of para-hydroxylation sites is 1. The zero-order chi connectivity index (χ0) is 21.3. The van der Waals surface area contributed by atoms with Crippen molar-refractivity contribution < 1.29 is 4.74 Å². The Morgan fingerprint density at radius 1 is 1.17 bits per heavy atom. The van der Waals surface area contributed by atoms with Crippen molar-refractivity contribution >= 4 is 17.3 Å². The monoisotopic (exact) mass is 408 g/mol. The van der Waals surface area contributed by atoms with Crippen molar-refractivity contribution in [3.63, 3.8) is 0 Å². The number of hydrogen-bond acceptors (Lipinski definition) is 7. The minimum atomic E-state index is -0.781. The Morgan fingerprint density at radius 2 is 1.90 bits per heavy atom. The minimum Gasteiger partial charge on any atom is -0.496 e. The summed E-state index contributed by atoms with van der Waals surface area (Å²) in [7, 11) is 5.87. The molecule has 1 atom stereocenters. The number of anilines is 2. The van der Waals surface area contributed by atoms with E-state index in [9.17, 15) is 0 Å². The van der Waals surface area contributed by atoms with Crippen molar-refractivity contribution in [2.75, 3.05) is 44.5 Å². The molecule has 4 rings (SSSR count). The summed E-state index contributed by atoms with van der Waals surface area (Å²) < 4.78 is 5.65. The summed E-state index contributed by atoms with van der Waals surface area (Å²) in [4.78, 5) is 9.29. The van der Waals surface area contributed by atoms with Crippen LogP contribution in [0, 0.1) is 5.92 Å². The smallest absolute Gasteiger partial charge is 0.195 e. The fourth-order valence-corrected chi connectivity index (χ4v) is 4.76. The van der Waals surface area contributed by atoms with E-state index >= 15 is 0 Å². The Bertz CT molecular complexity index is 935. The van der Waals surface area contributed by atoms with Crippen molar-refractivity contribution in [1.29, 1.82) is 0 Å². The van der Waals surface area contributed by atoms with Gasteiger partial charge in [0, 0.05) is 49.1 Å². The molecule has 7 nitrogen and oxygen atoms in total. The van der Waals surface area contributed by atoms with Gasteiger partial charge in [-0.1, -0.05) is 24.3 Å². The van der Waals surface area contributed by atoms with Crippen LogP contribution in [0.4, 0.5) is 11.4 Å².